The predicted octanol–water partition coefficient (Wildman–Crippen LogP) is 2.14. The highest BCUT2D eigenvalue weighted by atomic mass is 35.5. The zero-order valence-corrected chi connectivity index (χ0v) is 13.6. The van der Waals surface area contributed by atoms with Crippen LogP contribution in [0.4, 0.5) is 5.69 Å². The monoisotopic (exact) mass is 337 g/mol. The number of carboxylic acids is 1. The summed E-state index contributed by atoms with van der Waals surface area (Å²) in [5, 5.41) is 16.1. The maximum Gasteiger partial charge on any atom is 0.234 e. The van der Waals surface area contributed by atoms with Gasteiger partial charge in [-0.1, -0.05) is 17.7 Å². The second-order valence-corrected chi connectivity index (χ2v) is 6.22. The van der Waals surface area contributed by atoms with Gasteiger partial charge in [0.25, 0.3) is 0 Å². The van der Waals surface area contributed by atoms with Gasteiger partial charge in [0.05, 0.1) is 11.6 Å². The van der Waals surface area contributed by atoms with Crippen molar-refractivity contribution >= 4 is 40.5 Å². The molecule has 1 atom stereocenters. The molecule has 1 amide bonds. The molecule has 0 saturated carbocycles. The van der Waals surface area contributed by atoms with E-state index < -0.39 is 11.9 Å². The molecule has 0 aliphatic carbocycles. The molecule has 0 unspecified atom stereocenters. The first-order valence-electron chi connectivity index (χ1n) is 6.58. The Bertz CT molecular complexity index is 715. The zero-order valence-electron chi connectivity index (χ0n) is 12.1. The highest BCUT2D eigenvalue weighted by molar-refractivity contribution is 7.09. The Labute approximate surface area is 137 Å². The van der Waals surface area contributed by atoms with Crippen LogP contribution in [0.25, 0.3) is 0 Å². The first-order valence-corrected chi connectivity index (χ1v) is 7.83. The SMILES string of the molecule is Cc1ccc(Cl)cc1NC(=O)[C@@H](C)c1nc(CC(=O)[O-])cs1. The maximum atomic E-state index is 12.3. The average molecular weight is 338 g/mol. The van der Waals surface area contributed by atoms with Crippen LogP contribution in [0.3, 0.4) is 0 Å². The smallest absolute Gasteiger partial charge is 0.234 e. The fraction of sp³-hybridized carbons (Fsp3) is 0.267. The Morgan fingerprint density at radius 3 is 2.86 bits per heavy atom. The second-order valence-electron chi connectivity index (χ2n) is 4.90. The third-order valence-corrected chi connectivity index (χ3v) is 4.43. The number of aromatic nitrogens is 1. The number of aliphatic carboxylic acids is 1. The number of carboxylic acid groups (broad SMARTS) is 1. The molecule has 5 nitrogen and oxygen atoms in total. The van der Waals surface area contributed by atoms with Crippen molar-refractivity contribution in [3.63, 3.8) is 0 Å². The number of halogens is 1. The van der Waals surface area contributed by atoms with Gasteiger partial charge in [0, 0.05) is 28.5 Å². The predicted molar refractivity (Wildman–Crippen MR) is 84.1 cm³/mol. The summed E-state index contributed by atoms with van der Waals surface area (Å²) < 4.78 is 0. The van der Waals surface area contributed by atoms with E-state index in [2.05, 4.69) is 10.3 Å². The van der Waals surface area contributed by atoms with E-state index in [1.165, 1.54) is 11.3 Å². The third kappa shape index (κ3) is 4.05. The number of carbonyl (C=O) groups excluding carboxylic acids is 2. The van der Waals surface area contributed by atoms with Crippen LogP contribution >= 0.6 is 22.9 Å². The lowest BCUT2D eigenvalue weighted by atomic mass is 10.1. The number of nitrogens with one attached hydrogen (secondary N) is 1. The third-order valence-electron chi connectivity index (χ3n) is 3.12. The van der Waals surface area contributed by atoms with E-state index in [4.69, 9.17) is 11.6 Å². The minimum atomic E-state index is -1.19. The highest BCUT2D eigenvalue weighted by Crippen LogP contribution is 2.25. The summed E-state index contributed by atoms with van der Waals surface area (Å²) in [5.74, 6) is -1.90. The molecule has 22 heavy (non-hydrogen) atoms. The molecule has 1 heterocycles. The summed E-state index contributed by atoms with van der Waals surface area (Å²) in [7, 11) is 0. The fourth-order valence-corrected chi connectivity index (χ4v) is 2.88. The number of aryl methyl sites for hydroxylation is 1. The number of rotatable bonds is 5. The van der Waals surface area contributed by atoms with E-state index in [0.717, 1.165) is 5.56 Å². The van der Waals surface area contributed by atoms with E-state index in [1.807, 2.05) is 13.0 Å². The lowest BCUT2D eigenvalue weighted by Gasteiger charge is -2.12. The van der Waals surface area contributed by atoms with Gasteiger partial charge in [0.2, 0.25) is 5.91 Å². The molecular weight excluding hydrogens is 324 g/mol. The Kier molecular flexibility index (Phi) is 5.15. The van der Waals surface area contributed by atoms with Crippen LogP contribution in [0.1, 0.15) is 29.1 Å². The van der Waals surface area contributed by atoms with Crippen molar-refractivity contribution in [1.82, 2.24) is 4.98 Å². The Balaban J connectivity index is 2.10. The lowest BCUT2D eigenvalue weighted by molar-refractivity contribution is -0.304. The molecule has 0 bridgehead atoms. The molecule has 1 aromatic carbocycles. The summed E-state index contributed by atoms with van der Waals surface area (Å²) in [6, 6.07) is 5.26. The summed E-state index contributed by atoms with van der Waals surface area (Å²) >= 11 is 7.18. The van der Waals surface area contributed by atoms with Crippen LogP contribution in [-0.2, 0) is 16.0 Å². The molecule has 0 fully saturated rings. The molecule has 116 valence electrons. The maximum absolute atomic E-state index is 12.3. The van der Waals surface area contributed by atoms with Gasteiger partial charge in [-0.3, -0.25) is 4.79 Å². The Morgan fingerprint density at radius 1 is 1.45 bits per heavy atom. The van der Waals surface area contributed by atoms with Crippen LogP contribution in [0.5, 0.6) is 0 Å². The van der Waals surface area contributed by atoms with Gasteiger partial charge in [0.1, 0.15) is 5.01 Å². The normalized spacial score (nSPS) is 12.0. The van der Waals surface area contributed by atoms with Crippen molar-refractivity contribution < 1.29 is 14.7 Å². The number of carbonyl (C=O) groups is 2. The van der Waals surface area contributed by atoms with Crippen molar-refractivity contribution in [3.8, 4) is 0 Å². The number of benzene rings is 1. The van der Waals surface area contributed by atoms with Gasteiger partial charge in [-0.15, -0.1) is 11.3 Å². The van der Waals surface area contributed by atoms with Gasteiger partial charge < -0.3 is 15.2 Å². The first kappa shape index (κ1) is 16.5. The second kappa shape index (κ2) is 6.89. The van der Waals surface area contributed by atoms with Crippen molar-refractivity contribution in [2.24, 2.45) is 0 Å². The molecule has 1 N–H and O–H groups in total. The standard InChI is InChI=1S/C15H15ClN2O3S/c1-8-3-4-10(16)5-12(8)18-14(21)9(2)15-17-11(7-22-15)6-13(19)20/h3-5,7,9H,6H2,1-2H3,(H,18,21)(H,19,20)/p-1/t9-/m1/s1. The fourth-order valence-electron chi connectivity index (χ4n) is 1.83. The number of hydrogen-bond acceptors (Lipinski definition) is 5. The topological polar surface area (TPSA) is 82.1 Å². The minimum Gasteiger partial charge on any atom is -0.550 e. The number of amides is 1. The molecule has 0 aliphatic rings. The van der Waals surface area contributed by atoms with Crippen molar-refractivity contribution in [1.29, 1.82) is 0 Å². The lowest BCUT2D eigenvalue weighted by Crippen LogP contribution is -2.24. The van der Waals surface area contributed by atoms with Gasteiger partial charge in [-0.25, -0.2) is 4.98 Å². The minimum absolute atomic E-state index is 0.222. The molecule has 0 radical (unpaired) electrons. The molecule has 0 aliphatic heterocycles. The van der Waals surface area contributed by atoms with Crippen LogP contribution in [0.2, 0.25) is 5.02 Å². The molecular formula is C15H14ClN2O3S-. The van der Waals surface area contributed by atoms with Gasteiger partial charge >= 0.3 is 0 Å². The van der Waals surface area contributed by atoms with Gasteiger partial charge in [-0.05, 0) is 31.5 Å². The molecule has 1 aromatic heterocycles. The quantitative estimate of drug-likeness (QED) is 0.906. The molecule has 0 saturated heterocycles. The van der Waals surface area contributed by atoms with Gasteiger partial charge in [0.15, 0.2) is 0 Å². The van der Waals surface area contributed by atoms with Gasteiger partial charge in [-0.2, -0.15) is 0 Å². The Morgan fingerprint density at radius 2 is 2.18 bits per heavy atom. The summed E-state index contributed by atoms with van der Waals surface area (Å²) in [5.41, 5.74) is 1.95. The molecule has 7 heteroatoms. The van der Waals surface area contributed by atoms with E-state index in [0.29, 0.717) is 21.4 Å². The van der Waals surface area contributed by atoms with Crippen LogP contribution in [0, 0.1) is 6.92 Å². The largest absolute Gasteiger partial charge is 0.550 e. The molecule has 2 rings (SSSR count). The zero-order chi connectivity index (χ0) is 16.3. The average Bonchev–Trinajstić information content (AvgIpc) is 2.89. The number of anilines is 1. The first-order chi connectivity index (χ1) is 10.4. The van der Waals surface area contributed by atoms with Crippen LogP contribution in [0.15, 0.2) is 23.6 Å². The van der Waals surface area contributed by atoms with E-state index in [1.54, 1.807) is 24.4 Å². The molecule has 0 spiro atoms. The molecule has 2 aromatic rings. The Hall–Kier alpha value is -1.92. The van der Waals surface area contributed by atoms with E-state index in [9.17, 15) is 14.7 Å². The highest BCUT2D eigenvalue weighted by Gasteiger charge is 2.19. The van der Waals surface area contributed by atoms with E-state index in [-0.39, 0.29) is 12.3 Å². The number of hydrogen-bond donors (Lipinski definition) is 1. The van der Waals surface area contributed by atoms with Crippen molar-refractivity contribution in [2.75, 3.05) is 5.32 Å². The number of thiazole rings is 1. The number of nitrogens with zero attached hydrogens (tertiary/aromatic N) is 1. The summed E-state index contributed by atoms with van der Waals surface area (Å²) in [4.78, 5) is 27.0. The summed E-state index contributed by atoms with van der Waals surface area (Å²) in [6.45, 7) is 3.59. The summed E-state index contributed by atoms with van der Waals surface area (Å²) in [6.07, 6.45) is -0.252. The van der Waals surface area contributed by atoms with Crippen molar-refractivity contribution in [2.45, 2.75) is 26.2 Å². The van der Waals surface area contributed by atoms with E-state index >= 15 is 0 Å². The van der Waals surface area contributed by atoms with Crippen LogP contribution in [-0.4, -0.2) is 16.9 Å². The van der Waals surface area contributed by atoms with Crippen molar-refractivity contribution in [3.05, 3.63) is 44.9 Å². The van der Waals surface area contributed by atoms with Crippen LogP contribution < -0.4 is 10.4 Å².